The summed E-state index contributed by atoms with van der Waals surface area (Å²) in [5, 5.41) is 9.01. The van der Waals surface area contributed by atoms with E-state index in [9.17, 15) is 9.18 Å². The molecule has 4 heteroatoms. The van der Waals surface area contributed by atoms with Crippen LogP contribution in [0.15, 0.2) is 0 Å². The van der Waals surface area contributed by atoms with Gasteiger partial charge < -0.3 is 10.8 Å². The summed E-state index contributed by atoms with van der Waals surface area (Å²) in [6.07, 6.45) is 8.98. The fourth-order valence-electron chi connectivity index (χ4n) is 2.85. The first-order valence-corrected chi connectivity index (χ1v) is 8.39. The van der Waals surface area contributed by atoms with Gasteiger partial charge in [0.05, 0.1) is 6.67 Å². The number of rotatable bonds is 13. The molecule has 0 radical (unpaired) electrons. The number of nitrogens with two attached hydrogens (primary N) is 1. The second-order valence-electron chi connectivity index (χ2n) is 6.92. The van der Waals surface area contributed by atoms with Gasteiger partial charge in [-0.2, -0.15) is 0 Å². The molecule has 0 aliphatic rings. The molecule has 0 rings (SSSR count). The Kier molecular flexibility index (Phi) is 10.7. The third-order valence-electron chi connectivity index (χ3n) is 4.40. The third-order valence-corrected chi connectivity index (χ3v) is 4.40. The van der Waals surface area contributed by atoms with Gasteiger partial charge in [-0.05, 0) is 37.0 Å². The quantitative estimate of drug-likeness (QED) is 0.491. The summed E-state index contributed by atoms with van der Waals surface area (Å²) in [7, 11) is 0. The maximum absolute atomic E-state index is 12.4. The van der Waals surface area contributed by atoms with Crippen LogP contribution in [0, 0.1) is 11.3 Å². The largest absolute Gasteiger partial charge is 0.480 e. The zero-order valence-electron chi connectivity index (χ0n) is 14.0. The van der Waals surface area contributed by atoms with E-state index in [1.807, 2.05) is 6.92 Å². The van der Waals surface area contributed by atoms with Crippen LogP contribution in [0.25, 0.3) is 0 Å². The highest BCUT2D eigenvalue weighted by Gasteiger charge is 2.28. The molecule has 3 N–H and O–H groups in total. The number of carbonyl (C=O) groups is 1. The normalized spacial score (nSPS) is 17.2. The molecule has 0 bridgehead atoms. The number of halogens is 1. The lowest BCUT2D eigenvalue weighted by Crippen LogP contribution is -2.36. The second-order valence-corrected chi connectivity index (χ2v) is 6.92. The minimum absolute atomic E-state index is 0.0134. The first kappa shape index (κ1) is 20.4. The van der Waals surface area contributed by atoms with E-state index in [0.29, 0.717) is 6.42 Å². The molecule has 0 aliphatic heterocycles. The zero-order chi connectivity index (χ0) is 16.3. The molecular formula is C17H34FNO2. The first-order valence-electron chi connectivity index (χ1n) is 8.39. The zero-order valence-corrected chi connectivity index (χ0v) is 14.0. The topological polar surface area (TPSA) is 63.3 Å². The van der Waals surface area contributed by atoms with Crippen molar-refractivity contribution in [2.24, 2.45) is 17.1 Å². The van der Waals surface area contributed by atoms with E-state index in [1.165, 1.54) is 0 Å². The van der Waals surface area contributed by atoms with Gasteiger partial charge in [0.25, 0.3) is 0 Å². The van der Waals surface area contributed by atoms with Gasteiger partial charge in [-0.3, -0.25) is 9.18 Å². The summed E-state index contributed by atoms with van der Waals surface area (Å²) in [6, 6.07) is -0.765. The number of unbranched alkanes of at least 4 members (excludes halogenated alkanes) is 3. The number of alkyl halides is 1. The number of hydrogen-bond donors (Lipinski definition) is 2. The van der Waals surface area contributed by atoms with Crippen LogP contribution in [0.3, 0.4) is 0 Å². The number of carboxylic acids is 1. The van der Waals surface area contributed by atoms with Gasteiger partial charge in [0.15, 0.2) is 0 Å². The Labute approximate surface area is 129 Å². The van der Waals surface area contributed by atoms with E-state index in [-0.39, 0.29) is 18.0 Å². The summed E-state index contributed by atoms with van der Waals surface area (Å²) in [6.45, 7) is 6.02. The molecular weight excluding hydrogens is 269 g/mol. The van der Waals surface area contributed by atoms with E-state index in [1.54, 1.807) is 0 Å². The lowest BCUT2D eigenvalue weighted by molar-refractivity contribution is -0.139. The summed E-state index contributed by atoms with van der Waals surface area (Å²) < 4.78 is 12.4. The molecule has 3 nitrogen and oxygen atoms in total. The van der Waals surface area contributed by atoms with Gasteiger partial charge in [-0.1, -0.05) is 52.9 Å². The monoisotopic (exact) mass is 303 g/mol. The molecule has 2 unspecified atom stereocenters. The average molecular weight is 303 g/mol. The lowest BCUT2D eigenvalue weighted by Gasteiger charge is -2.31. The highest BCUT2D eigenvalue weighted by Crippen LogP contribution is 2.35. The predicted molar refractivity (Wildman–Crippen MR) is 86.1 cm³/mol. The summed E-state index contributed by atoms with van der Waals surface area (Å²) in [4.78, 5) is 11.0. The van der Waals surface area contributed by atoms with E-state index < -0.39 is 12.0 Å². The van der Waals surface area contributed by atoms with Gasteiger partial charge in [-0.25, -0.2) is 0 Å². The molecule has 0 aliphatic carbocycles. The molecule has 21 heavy (non-hydrogen) atoms. The fraction of sp³-hybridized carbons (Fsp3) is 0.941. The van der Waals surface area contributed by atoms with Gasteiger partial charge >= 0.3 is 5.97 Å². The van der Waals surface area contributed by atoms with Crippen LogP contribution in [0.5, 0.6) is 0 Å². The summed E-state index contributed by atoms with van der Waals surface area (Å²) >= 11 is 0. The molecule has 0 spiro atoms. The SMILES string of the molecule is CCCCC(C)(CCCCCC(C)CF)C[C@H](N)C(=O)O. The third kappa shape index (κ3) is 9.83. The van der Waals surface area contributed by atoms with Crippen LogP contribution in [-0.2, 0) is 4.79 Å². The smallest absolute Gasteiger partial charge is 0.320 e. The maximum Gasteiger partial charge on any atom is 0.320 e. The molecule has 0 saturated carbocycles. The van der Waals surface area contributed by atoms with Gasteiger partial charge in [0.1, 0.15) is 6.04 Å². The van der Waals surface area contributed by atoms with E-state index in [2.05, 4.69) is 13.8 Å². The molecule has 3 atom stereocenters. The van der Waals surface area contributed by atoms with Gasteiger partial charge in [0, 0.05) is 0 Å². The Hall–Kier alpha value is -0.640. The molecule has 126 valence electrons. The van der Waals surface area contributed by atoms with Crippen molar-refractivity contribution < 1.29 is 14.3 Å². The minimum atomic E-state index is -0.908. The van der Waals surface area contributed by atoms with Gasteiger partial charge in [-0.15, -0.1) is 0 Å². The Balaban J connectivity index is 4.19. The van der Waals surface area contributed by atoms with Crippen molar-refractivity contribution >= 4 is 5.97 Å². The molecule has 0 amide bonds. The van der Waals surface area contributed by atoms with E-state index in [4.69, 9.17) is 10.8 Å². The van der Waals surface area contributed by atoms with Crippen molar-refractivity contribution in [1.29, 1.82) is 0 Å². The Morgan fingerprint density at radius 3 is 2.38 bits per heavy atom. The maximum atomic E-state index is 12.4. The standard InChI is InChI=1S/C17H34FNO2/c1-4-5-10-17(3,12-15(19)16(20)21)11-8-6-7-9-14(2)13-18/h14-15H,4-13,19H2,1-3H3,(H,20,21)/t14?,15-,17?/m0/s1. The Bertz CT molecular complexity index is 286. The van der Waals surface area contributed by atoms with Crippen molar-refractivity contribution in [3.63, 3.8) is 0 Å². The summed E-state index contributed by atoms with van der Waals surface area (Å²) in [5.74, 6) is -0.744. The van der Waals surface area contributed by atoms with Crippen molar-refractivity contribution in [3.8, 4) is 0 Å². The number of hydrogen-bond acceptors (Lipinski definition) is 2. The van der Waals surface area contributed by atoms with Crippen LogP contribution in [0.4, 0.5) is 4.39 Å². The van der Waals surface area contributed by atoms with Crippen molar-refractivity contribution in [2.45, 2.75) is 84.6 Å². The van der Waals surface area contributed by atoms with E-state index >= 15 is 0 Å². The minimum Gasteiger partial charge on any atom is -0.480 e. The highest BCUT2D eigenvalue weighted by atomic mass is 19.1. The predicted octanol–water partition coefficient (Wildman–Crippen LogP) is 4.54. The van der Waals surface area contributed by atoms with Crippen LogP contribution >= 0.6 is 0 Å². The van der Waals surface area contributed by atoms with Crippen molar-refractivity contribution in [2.75, 3.05) is 6.67 Å². The first-order chi connectivity index (χ1) is 9.84. The van der Waals surface area contributed by atoms with Crippen LogP contribution < -0.4 is 5.73 Å². The molecule has 0 saturated heterocycles. The molecule has 0 aromatic rings. The molecule has 0 aromatic heterocycles. The number of aliphatic carboxylic acids is 1. The van der Waals surface area contributed by atoms with Crippen molar-refractivity contribution in [1.82, 2.24) is 0 Å². The average Bonchev–Trinajstić information content (AvgIpc) is 2.44. The second kappa shape index (κ2) is 11.0. The van der Waals surface area contributed by atoms with Crippen LogP contribution in [-0.4, -0.2) is 23.8 Å². The Morgan fingerprint density at radius 1 is 1.24 bits per heavy atom. The van der Waals surface area contributed by atoms with Gasteiger partial charge in [0.2, 0.25) is 0 Å². The van der Waals surface area contributed by atoms with Crippen molar-refractivity contribution in [3.05, 3.63) is 0 Å². The Morgan fingerprint density at radius 2 is 1.86 bits per heavy atom. The van der Waals surface area contributed by atoms with Crippen LogP contribution in [0.1, 0.15) is 78.6 Å². The highest BCUT2D eigenvalue weighted by molar-refractivity contribution is 5.73. The number of carboxylic acid groups (broad SMARTS) is 1. The van der Waals surface area contributed by atoms with E-state index in [0.717, 1.165) is 51.4 Å². The lowest BCUT2D eigenvalue weighted by atomic mass is 9.75. The fourth-order valence-corrected chi connectivity index (χ4v) is 2.85. The molecule has 0 heterocycles. The summed E-state index contributed by atoms with van der Waals surface area (Å²) in [5.41, 5.74) is 5.73. The van der Waals surface area contributed by atoms with Crippen LogP contribution in [0.2, 0.25) is 0 Å². The molecule has 0 aromatic carbocycles. The molecule has 0 fully saturated rings.